The molecule has 1 aliphatic heterocycles. The standard InChI is InChI=1S/C29H39NO11/c1-22-15-23(2)17-24(16-22)29(31)41-28-25-18-27(30(32)33)19-26(28)21-40-14-12-38-10-8-36-6-4-34-3-5-35-7-9-37-11-13-39-20-25/h15-19H,3-14,20-21H2,1-2H3. The summed E-state index contributed by atoms with van der Waals surface area (Å²) in [4.78, 5) is 24.4. The highest BCUT2D eigenvalue weighted by atomic mass is 16.6. The van der Waals surface area contributed by atoms with E-state index in [2.05, 4.69) is 0 Å². The zero-order chi connectivity index (χ0) is 29.3. The summed E-state index contributed by atoms with van der Waals surface area (Å²) in [5.74, 6) is -0.418. The molecule has 0 atom stereocenters. The number of nitro benzene ring substituents is 1. The van der Waals surface area contributed by atoms with Crippen LogP contribution in [0.2, 0.25) is 0 Å². The number of hydrogen-bond acceptors (Lipinski definition) is 11. The van der Waals surface area contributed by atoms with Crippen molar-refractivity contribution in [1.29, 1.82) is 0 Å². The van der Waals surface area contributed by atoms with Gasteiger partial charge in [0.1, 0.15) is 5.75 Å². The van der Waals surface area contributed by atoms with Gasteiger partial charge in [0.25, 0.3) is 5.69 Å². The minimum absolute atomic E-state index is 0.0373. The van der Waals surface area contributed by atoms with E-state index in [4.69, 9.17) is 37.9 Å². The first kappa shape index (κ1) is 32.5. The van der Waals surface area contributed by atoms with Crippen molar-refractivity contribution in [2.45, 2.75) is 27.1 Å². The number of non-ortho nitro benzene ring substituents is 1. The lowest BCUT2D eigenvalue weighted by Gasteiger charge is -2.16. The smallest absolute Gasteiger partial charge is 0.343 e. The van der Waals surface area contributed by atoms with Crippen LogP contribution >= 0.6 is 0 Å². The van der Waals surface area contributed by atoms with E-state index >= 15 is 0 Å². The van der Waals surface area contributed by atoms with Crippen LogP contribution < -0.4 is 4.74 Å². The Kier molecular flexibility index (Phi) is 14.7. The normalized spacial score (nSPS) is 17.7. The molecule has 0 unspecified atom stereocenters. The molecule has 12 heteroatoms. The number of rotatable bonds is 3. The summed E-state index contributed by atoms with van der Waals surface area (Å²) in [7, 11) is 0. The summed E-state index contributed by atoms with van der Waals surface area (Å²) in [6.45, 7) is 8.11. The molecule has 41 heavy (non-hydrogen) atoms. The van der Waals surface area contributed by atoms with Crippen molar-refractivity contribution in [1.82, 2.24) is 0 Å². The first-order valence-electron chi connectivity index (χ1n) is 13.6. The van der Waals surface area contributed by atoms with Crippen molar-refractivity contribution in [3.63, 3.8) is 0 Å². The Morgan fingerprint density at radius 2 is 1.00 bits per heavy atom. The zero-order valence-corrected chi connectivity index (χ0v) is 23.7. The van der Waals surface area contributed by atoms with E-state index in [0.29, 0.717) is 82.8 Å². The van der Waals surface area contributed by atoms with E-state index in [1.54, 1.807) is 12.1 Å². The van der Waals surface area contributed by atoms with Crippen LogP contribution in [-0.4, -0.2) is 90.2 Å². The predicted molar refractivity (Wildman–Crippen MR) is 147 cm³/mol. The van der Waals surface area contributed by atoms with Crippen molar-refractivity contribution in [3.8, 4) is 5.75 Å². The Labute approximate surface area is 239 Å². The average molecular weight is 578 g/mol. The van der Waals surface area contributed by atoms with Gasteiger partial charge in [-0.1, -0.05) is 17.2 Å². The molecule has 1 aliphatic rings. The maximum Gasteiger partial charge on any atom is 0.343 e. The molecule has 226 valence electrons. The Bertz CT molecular complexity index is 1040. The summed E-state index contributed by atoms with van der Waals surface area (Å²) in [6.07, 6.45) is 0. The van der Waals surface area contributed by atoms with Gasteiger partial charge in [0.2, 0.25) is 0 Å². The van der Waals surface area contributed by atoms with Crippen LogP contribution in [0.1, 0.15) is 32.6 Å². The Morgan fingerprint density at radius 1 is 0.634 bits per heavy atom. The number of benzene rings is 2. The summed E-state index contributed by atoms with van der Waals surface area (Å²) in [5.41, 5.74) is 2.73. The summed E-state index contributed by atoms with van der Waals surface area (Å²) in [5, 5.41) is 11.7. The lowest BCUT2D eigenvalue weighted by atomic mass is 10.1. The second-order valence-electron chi connectivity index (χ2n) is 9.28. The lowest BCUT2D eigenvalue weighted by Crippen LogP contribution is -2.16. The number of hydrogen-bond donors (Lipinski definition) is 0. The third kappa shape index (κ3) is 12.2. The van der Waals surface area contributed by atoms with Crippen molar-refractivity contribution in [2.24, 2.45) is 0 Å². The van der Waals surface area contributed by atoms with E-state index < -0.39 is 10.9 Å². The molecule has 0 aliphatic carbocycles. The maximum absolute atomic E-state index is 13.2. The molecule has 0 spiro atoms. The lowest BCUT2D eigenvalue weighted by molar-refractivity contribution is -0.385. The molecule has 0 N–H and O–H groups in total. The fourth-order valence-corrected chi connectivity index (χ4v) is 4.01. The van der Waals surface area contributed by atoms with Crippen LogP contribution in [0.5, 0.6) is 5.75 Å². The molecular weight excluding hydrogens is 538 g/mol. The molecule has 0 fully saturated rings. The third-order valence-electron chi connectivity index (χ3n) is 5.84. The monoisotopic (exact) mass is 577 g/mol. The van der Waals surface area contributed by atoms with Crippen LogP contribution in [0.15, 0.2) is 30.3 Å². The highest BCUT2D eigenvalue weighted by Gasteiger charge is 2.22. The molecule has 1 heterocycles. The third-order valence-corrected chi connectivity index (χ3v) is 5.84. The van der Waals surface area contributed by atoms with Gasteiger partial charge in [0.15, 0.2) is 0 Å². The molecular formula is C29H39NO11. The number of ether oxygens (including phenoxy) is 8. The van der Waals surface area contributed by atoms with Crippen molar-refractivity contribution < 1.29 is 47.6 Å². The highest BCUT2D eigenvalue weighted by Crippen LogP contribution is 2.32. The molecule has 0 amide bonds. The van der Waals surface area contributed by atoms with Crippen LogP contribution in [0.4, 0.5) is 5.69 Å². The average Bonchev–Trinajstić information content (AvgIpc) is 2.93. The van der Waals surface area contributed by atoms with Gasteiger partial charge >= 0.3 is 5.97 Å². The minimum Gasteiger partial charge on any atom is -0.422 e. The number of nitro groups is 1. The van der Waals surface area contributed by atoms with Crippen LogP contribution in [-0.2, 0) is 46.4 Å². The van der Waals surface area contributed by atoms with Gasteiger partial charge in [-0.05, 0) is 26.0 Å². The molecule has 2 aromatic rings. The van der Waals surface area contributed by atoms with Gasteiger partial charge < -0.3 is 37.9 Å². The zero-order valence-electron chi connectivity index (χ0n) is 23.7. The molecule has 0 saturated carbocycles. The quantitative estimate of drug-likeness (QED) is 0.229. The molecule has 0 aromatic heterocycles. The maximum atomic E-state index is 13.2. The fraction of sp³-hybridized carbons (Fsp3) is 0.552. The number of esters is 1. The molecule has 3 rings (SSSR count). The minimum atomic E-state index is -0.585. The number of aryl methyl sites for hydroxylation is 2. The summed E-state index contributed by atoms with van der Waals surface area (Å²) >= 11 is 0. The van der Waals surface area contributed by atoms with Crippen LogP contribution in [0.3, 0.4) is 0 Å². The SMILES string of the molecule is Cc1cc(C)cc(C(=O)Oc2c3cc([N+](=O)[O-])cc2COCCOCCOCCOCCOCCOCCOC3)c1. The molecule has 0 radical (unpaired) electrons. The molecule has 2 aromatic carbocycles. The first-order valence-corrected chi connectivity index (χ1v) is 13.6. The van der Waals surface area contributed by atoms with Gasteiger partial charge in [-0.25, -0.2) is 4.79 Å². The van der Waals surface area contributed by atoms with Crippen LogP contribution in [0, 0.1) is 24.0 Å². The van der Waals surface area contributed by atoms with E-state index in [1.165, 1.54) is 12.1 Å². The molecule has 12 nitrogen and oxygen atoms in total. The van der Waals surface area contributed by atoms with E-state index in [-0.39, 0.29) is 37.9 Å². The molecule has 0 saturated heterocycles. The first-order chi connectivity index (χ1) is 19.9. The van der Waals surface area contributed by atoms with Gasteiger partial charge in [-0.3, -0.25) is 10.1 Å². The predicted octanol–water partition coefficient (Wildman–Crippen LogP) is 3.56. The Balaban J connectivity index is 1.76. The van der Waals surface area contributed by atoms with E-state index in [0.717, 1.165) is 11.1 Å². The fourth-order valence-electron chi connectivity index (χ4n) is 4.01. The Morgan fingerprint density at radius 3 is 1.37 bits per heavy atom. The van der Waals surface area contributed by atoms with Gasteiger partial charge in [-0.2, -0.15) is 0 Å². The second-order valence-corrected chi connectivity index (χ2v) is 9.28. The number of carbonyl (C=O) groups is 1. The Hall–Kier alpha value is -2.97. The largest absolute Gasteiger partial charge is 0.422 e. The summed E-state index contributed by atoms with van der Waals surface area (Å²) < 4.78 is 44.7. The van der Waals surface area contributed by atoms with Gasteiger partial charge in [-0.15, -0.1) is 0 Å². The van der Waals surface area contributed by atoms with Gasteiger partial charge in [0.05, 0.1) is 103 Å². The number of carbonyl (C=O) groups excluding carboxylic acids is 1. The van der Waals surface area contributed by atoms with Crippen molar-refractivity contribution in [3.05, 3.63) is 68.3 Å². The van der Waals surface area contributed by atoms with E-state index in [9.17, 15) is 14.9 Å². The highest BCUT2D eigenvalue weighted by molar-refractivity contribution is 5.92. The van der Waals surface area contributed by atoms with Crippen molar-refractivity contribution >= 4 is 11.7 Å². The van der Waals surface area contributed by atoms with Gasteiger partial charge in [0, 0.05) is 23.3 Å². The van der Waals surface area contributed by atoms with Crippen LogP contribution in [0.25, 0.3) is 0 Å². The summed E-state index contributed by atoms with van der Waals surface area (Å²) in [6, 6.07) is 8.10. The number of fused-ring (bicyclic) bond motifs is 2. The molecule has 2 bridgehead atoms. The topological polar surface area (TPSA) is 134 Å². The van der Waals surface area contributed by atoms with E-state index in [1.807, 2.05) is 19.9 Å². The second kappa shape index (κ2) is 18.5. The van der Waals surface area contributed by atoms with Crippen molar-refractivity contribution in [2.75, 3.05) is 79.3 Å². The number of nitrogens with zero attached hydrogens (tertiary/aromatic N) is 1.